The Kier molecular flexibility index (Phi) is 9.81. The molecule has 0 aromatic carbocycles. The third kappa shape index (κ3) is 8.28. The minimum absolute atomic E-state index is 0.0161. The third-order valence-corrected chi connectivity index (χ3v) is 5.02. The van der Waals surface area contributed by atoms with Crippen LogP contribution >= 0.6 is 0 Å². The van der Waals surface area contributed by atoms with Crippen LogP contribution in [0.4, 0.5) is 0 Å². The van der Waals surface area contributed by atoms with Crippen molar-refractivity contribution < 1.29 is 24.9 Å². The number of carbonyl (C=O) groups excluding carboxylic acids is 1. The predicted octanol–water partition coefficient (Wildman–Crippen LogP) is 3.64. The average Bonchev–Trinajstić information content (AvgIpc) is 2.82. The van der Waals surface area contributed by atoms with Gasteiger partial charge in [-0.1, -0.05) is 50.5 Å². The Morgan fingerprint density at radius 2 is 2.00 bits per heavy atom. The van der Waals surface area contributed by atoms with Crippen molar-refractivity contribution in [3.8, 4) is 0 Å². The van der Waals surface area contributed by atoms with Gasteiger partial charge in [0.1, 0.15) is 5.78 Å². The number of aliphatic hydroxyl groups is 2. The Morgan fingerprint density at radius 3 is 2.65 bits per heavy atom. The second-order valence-corrected chi connectivity index (χ2v) is 7.59. The monoisotopic (exact) mass is 366 g/mol. The fourth-order valence-corrected chi connectivity index (χ4v) is 3.39. The molecule has 0 bridgehead atoms. The van der Waals surface area contributed by atoms with E-state index < -0.39 is 17.7 Å². The van der Waals surface area contributed by atoms with Crippen molar-refractivity contribution in [3.05, 3.63) is 24.3 Å². The summed E-state index contributed by atoms with van der Waals surface area (Å²) < 4.78 is 0. The highest BCUT2D eigenvalue weighted by molar-refractivity contribution is 5.86. The molecule has 5 heteroatoms. The van der Waals surface area contributed by atoms with Crippen molar-refractivity contribution in [1.82, 2.24) is 0 Å². The van der Waals surface area contributed by atoms with E-state index in [0.717, 1.165) is 19.3 Å². The van der Waals surface area contributed by atoms with Crippen LogP contribution in [0.25, 0.3) is 0 Å². The van der Waals surface area contributed by atoms with Crippen molar-refractivity contribution in [3.63, 3.8) is 0 Å². The molecule has 0 saturated heterocycles. The number of rotatable bonds is 12. The molecule has 26 heavy (non-hydrogen) atoms. The number of hydrogen-bond donors (Lipinski definition) is 3. The van der Waals surface area contributed by atoms with Gasteiger partial charge in [-0.05, 0) is 32.6 Å². The van der Waals surface area contributed by atoms with Crippen LogP contribution in [0.15, 0.2) is 24.3 Å². The lowest BCUT2D eigenvalue weighted by Gasteiger charge is -2.21. The van der Waals surface area contributed by atoms with Crippen LogP contribution in [0.3, 0.4) is 0 Å². The minimum Gasteiger partial charge on any atom is -0.481 e. The molecule has 1 aliphatic carbocycles. The second-order valence-electron chi connectivity index (χ2n) is 7.59. The molecule has 0 heterocycles. The minimum atomic E-state index is -0.930. The predicted molar refractivity (Wildman–Crippen MR) is 102 cm³/mol. The molecule has 1 fully saturated rings. The van der Waals surface area contributed by atoms with Gasteiger partial charge in [0.05, 0.1) is 11.7 Å². The number of hydrogen-bond acceptors (Lipinski definition) is 4. The maximum absolute atomic E-state index is 12.2. The van der Waals surface area contributed by atoms with Crippen LogP contribution in [0.2, 0.25) is 0 Å². The van der Waals surface area contributed by atoms with Gasteiger partial charge in [0.25, 0.3) is 0 Å². The molecule has 3 N–H and O–H groups in total. The highest BCUT2D eigenvalue weighted by atomic mass is 16.4. The average molecular weight is 366 g/mol. The Labute approximate surface area is 156 Å². The van der Waals surface area contributed by atoms with E-state index in [4.69, 9.17) is 5.11 Å². The molecule has 0 aliphatic heterocycles. The van der Waals surface area contributed by atoms with Crippen LogP contribution in [-0.2, 0) is 9.59 Å². The van der Waals surface area contributed by atoms with Crippen LogP contribution in [-0.4, -0.2) is 38.8 Å². The SMILES string of the molecule is CCCCC[C@@](C)(O)/C=C/[C@H]1C(=O)C[C@H](O)[C@@H]1C/C=C/CCCC(=O)O. The number of allylic oxidation sites excluding steroid dienone is 3. The van der Waals surface area contributed by atoms with E-state index in [-0.39, 0.29) is 30.5 Å². The molecule has 0 amide bonds. The number of aliphatic carboxylic acids is 1. The Balaban J connectivity index is 2.58. The largest absolute Gasteiger partial charge is 0.481 e. The van der Waals surface area contributed by atoms with Crippen molar-refractivity contribution in [2.24, 2.45) is 11.8 Å². The first-order valence-electron chi connectivity index (χ1n) is 9.76. The van der Waals surface area contributed by atoms with Crippen LogP contribution in [0.5, 0.6) is 0 Å². The van der Waals surface area contributed by atoms with Gasteiger partial charge in [0, 0.05) is 24.7 Å². The van der Waals surface area contributed by atoms with E-state index in [0.29, 0.717) is 25.7 Å². The Bertz CT molecular complexity index is 507. The van der Waals surface area contributed by atoms with Gasteiger partial charge in [0.2, 0.25) is 0 Å². The van der Waals surface area contributed by atoms with Gasteiger partial charge in [0.15, 0.2) is 0 Å². The molecule has 4 atom stereocenters. The zero-order chi connectivity index (χ0) is 19.6. The lowest BCUT2D eigenvalue weighted by atomic mass is 9.88. The van der Waals surface area contributed by atoms with Crippen molar-refractivity contribution in [1.29, 1.82) is 0 Å². The second kappa shape index (κ2) is 11.3. The number of ketones is 1. The van der Waals surface area contributed by atoms with Gasteiger partial charge in [-0.3, -0.25) is 9.59 Å². The van der Waals surface area contributed by atoms with E-state index in [1.807, 2.05) is 12.2 Å². The number of carbonyl (C=O) groups is 2. The molecule has 0 aromatic heterocycles. The Morgan fingerprint density at radius 1 is 1.27 bits per heavy atom. The van der Waals surface area contributed by atoms with Crippen LogP contribution in [0, 0.1) is 11.8 Å². The smallest absolute Gasteiger partial charge is 0.303 e. The molecule has 1 aliphatic rings. The van der Waals surface area contributed by atoms with Crippen molar-refractivity contribution in [2.75, 3.05) is 0 Å². The molecule has 1 saturated carbocycles. The number of Topliss-reactive ketones (excluding diaryl/α,β-unsaturated/α-hetero) is 1. The number of unbranched alkanes of at least 4 members (excludes halogenated alkanes) is 3. The highest BCUT2D eigenvalue weighted by Crippen LogP contribution is 2.34. The number of carboxylic acid groups (broad SMARTS) is 1. The quantitative estimate of drug-likeness (QED) is 0.362. The van der Waals surface area contributed by atoms with Crippen molar-refractivity contribution >= 4 is 11.8 Å². The summed E-state index contributed by atoms with van der Waals surface area (Å²) in [6, 6.07) is 0. The maximum Gasteiger partial charge on any atom is 0.303 e. The first-order valence-corrected chi connectivity index (χ1v) is 9.76. The van der Waals surface area contributed by atoms with Crippen LogP contribution in [0.1, 0.15) is 71.6 Å². The van der Waals surface area contributed by atoms with Gasteiger partial charge < -0.3 is 15.3 Å². The van der Waals surface area contributed by atoms with Gasteiger partial charge in [-0.25, -0.2) is 0 Å². The van der Waals surface area contributed by atoms with Gasteiger partial charge >= 0.3 is 5.97 Å². The van der Waals surface area contributed by atoms with Gasteiger partial charge in [-0.15, -0.1) is 0 Å². The topological polar surface area (TPSA) is 94.8 Å². The molecule has 0 unspecified atom stereocenters. The van der Waals surface area contributed by atoms with Gasteiger partial charge in [-0.2, -0.15) is 0 Å². The highest BCUT2D eigenvalue weighted by Gasteiger charge is 2.39. The summed E-state index contributed by atoms with van der Waals surface area (Å²) in [5.74, 6) is -1.33. The summed E-state index contributed by atoms with van der Waals surface area (Å²) in [5, 5.41) is 29.2. The Hall–Kier alpha value is -1.46. The zero-order valence-corrected chi connectivity index (χ0v) is 16.1. The summed E-state index contributed by atoms with van der Waals surface area (Å²) in [7, 11) is 0. The van der Waals surface area contributed by atoms with E-state index in [1.54, 1.807) is 19.1 Å². The first-order chi connectivity index (χ1) is 12.3. The zero-order valence-electron chi connectivity index (χ0n) is 16.1. The number of carboxylic acids is 1. The fraction of sp³-hybridized carbons (Fsp3) is 0.714. The summed E-state index contributed by atoms with van der Waals surface area (Å²) in [5.41, 5.74) is -0.930. The fourth-order valence-electron chi connectivity index (χ4n) is 3.39. The molecular formula is C21H34O5. The lowest BCUT2D eigenvalue weighted by Crippen LogP contribution is -2.23. The summed E-state index contributed by atoms with van der Waals surface area (Å²) in [6.07, 6.45) is 12.6. The molecule has 0 aromatic rings. The first kappa shape index (κ1) is 22.6. The van der Waals surface area contributed by atoms with E-state index in [9.17, 15) is 19.8 Å². The van der Waals surface area contributed by atoms with Crippen LogP contribution < -0.4 is 0 Å². The summed E-state index contributed by atoms with van der Waals surface area (Å²) in [4.78, 5) is 22.7. The standard InChI is InChI=1S/C21H34O5/c1-3-4-9-13-21(2,26)14-12-17-16(18(22)15-19(17)23)10-7-5-6-8-11-20(24)25/h5,7,12,14,16-18,22,26H,3-4,6,8-11,13,15H2,1-2H3,(H,24,25)/b7-5+,14-12+/t16-,17-,18+,21-/m1/s1. The maximum atomic E-state index is 12.2. The van der Waals surface area contributed by atoms with E-state index >= 15 is 0 Å². The summed E-state index contributed by atoms with van der Waals surface area (Å²) >= 11 is 0. The molecule has 0 spiro atoms. The number of aliphatic hydroxyl groups excluding tert-OH is 1. The molecule has 5 nitrogen and oxygen atoms in total. The molecule has 1 rings (SSSR count). The van der Waals surface area contributed by atoms with E-state index in [1.165, 1.54) is 0 Å². The molecule has 0 radical (unpaired) electrons. The normalized spacial score (nSPS) is 26.0. The third-order valence-electron chi connectivity index (χ3n) is 5.02. The molecular weight excluding hydrogens is 332 g/mol. The lowest BCUT2D eigenvalue weighted by molar-refractivity contribution is -0.137. The van der Waals surface area contributed by atoms with Crippen molar-refractivity contribution in [2.45, 2.75) is 83.3 Å². The van der Waals surface area contributed by atoms with E-state index in [2.05, 4.69) is 6.92 Å². The summed E-state index contributed by atoms with van der Waals surface area (Å²) in [6.45, 7) is 3.87. The molecule has 148 valence electrons.